The molecule has 0 bridgehead atoms. The summed E-state index contributed by atoms with van der Waals surface area (Å²) < 4.78 is 5.71. The van der Waals surface area contributed by atoms with Crippen LogP contribution in [0.2, 0.25) is 0 Å². The third kappa shape index (κ3) is 4.32. The topological polar surface area (TPSA) is 101 Å². The van der Waals surface area contributed by atoms with Gasteiger partial charge in [-0.2, -0.15) is 0 Å². The van der Waals surface area contributed by atoms with Gasteiger partial charge in [-0.1, -0.05) is 25.5 Å². The zero-order valence-electron chi connectivity index (χ0n) is 16.8. The van der Waals surface area contributed by atoms with Gasteiger partial charge < -0.3 is 14.9 Å². The normalized spacial score (nSPS) is 15.2. The smallest absolute Gasteiger partial charge is 0.306 e. The maximum atomic E-state index is 12.4. The lowest BCUT2D eigenvalue weighted by atomic mass is 9.84. The summed E-state index contributed by atoms with van der Waals surface area (Å²) in [5, 5.41) is 21.2. The molecule has 0 aliphatic heterocycles. The van der Waals surface area contributed by atoms with E-state index < -0.39 is 34.6 Å². The van der Waals surface area contributed by atoms with Crippen LogP contribution in [0.1, 0.15) is 73.7 Å². The molecule has 28 heavy (non-hydrogen) atoms. The van der Waals surface area contributed by atoms with Crippen LogP contribution in [0.4, 0.5) is 0 Å². The molecule has 0 heterocycles. The van der Waals surface area contributed by atoms with E-state index >= 15 is 0 Å². The van der Waals surface area contributed by atoms with E-state index in [0.29, 0.717) is 0 Å². The van der Waals surface area contributed by atoms with E-state index in [4.69, 9.17) is 4.74 Å². The van der Waals surface area contributed by atoms with E-state index in [-0.39, 0.29) is 35.4 Å². The van der Waals surface area contributed by atoms with Crippen molar-refractivity contribution in [3.63, 3.8) is 0 Å². The van der Waals surface area contributed by atoms with Crippen molar-refractivity contribution in [1.29, 1.82) is 0 Å². The third-order valence-electron chi connectivity index (χ3n) is 4.54. The fourth-order valence-corrected chi connectivity index (χ4v) is 3.10. The summed E-state index contributed by atoms with van der Waals surface area (Å²) in [6.07, 6.45) is 4.34. The van der Waals surface area contributed by atoms with Gasteiger partial charge in [-0.05, 0) is 44.9 Å². The number of aromatic hydroxyl groups is 2. The summed E-state index contributed by atoms with van der Waals surface area (Å²) >= 11 is 0. The fourth-order valence-electron chi connectivity index (χ4n) is 3.10. The molecule has 1 aromatic rings. The highest BCUT2D eigenvalue weighted by molar-refractivity contribution is 6.24. The van der Waals surface area contributed by atoms with Gasteiger partial charge in [-0.15, -0.1) is 0 Å². The van der Waals surface area contributed by atoms with Crippen molar-refractivity contribution in [3.05, 3.63) is 46.6 Å². The van der Waals surface area contributed by atoms with Crippen LogP contribution in [0, 0.1) is 5.92 Å². The number of phenolic OH excluding ortho intramolecular Hbond substituents is 2. The molecule has 0 saturated carbocycles. The molecule has 1 aliphatic carbocycles. The molecule has 0 fully saturated rings. The lowest BCUT2D eigenvalue weighted by molar-refractivity contribution is -0.160. The molecule has 1 aliphatic rings. The summed E-state index contributed by atoms with van der Waals surface area (Å²) in [5.41, 5.74) is -0.793. The van der Waals surface area contributed by atoms with E-state index in [1.807, 2.05) is 33.8 Å². The standard InChI is InChI=1S/C22H26O6/c1-12(2)8-9-22(5,28-18(26)10-13(3)4)14-11-17(25)19-15(23)6-7-16(24)20(19)21(14)27/h6-8,11,13,25,27H,9-10H2,1-5H3/t22-/m0/s1. The monoisotopic (exact) mass is 386 g/mol. The van der Waals surface area contributed by atoms with Gasteiger partial charge in [0.15, 0.2) is 11.6 Å². The van der Waals surface area contributed by atoms with Crippen LogP contribution in [-0.2, 0) is 15.1 Å². The van der Waals surface area contributed by atoms with Crippen molar-refractivity contribution in [2.24, 2.45) is 5.92 Å². The quantitative estimate of drug-likeness (QED) is 0.432. The third-order valence-corrected chi connectivity index (χ3v) is 4.54. The molecular formula is C22H26O6. The minimum atomic E-state index is -1.33. The first-order valence-electron chi connectivity index (χ1n) is 9.17. The highest BCUT2D eigenvalue weighted by atomic mass is 16.6. The molecule has 0 saturated heterocycles. The van der Waals surface area contributed by atoms with Gasteiger partial charge in [-0.25, -0.2) is 0 Å². The number of phenols is 2. The zero-order valence-corrected chi connectivity index (χ0v) is 16.8. The second-order valence-corrected chi connectivity index (χ2v) is 7.89. The van der Waals surface area contributed by atoms with Crippen LogP contribution < -0.4 is 0 Å². The number of fused-ring (bicyclic) bond motifs is 1. The lowest BCUT2D eigenvalue weighted by Crippen LogP contribution is -2.30. The number of esters is 1. The van der Waals surface area contributed by atoms with Gasteiger partial charge >= 0.3 is 5.97 Å². The molecule has 1 atom stereocenters. The van der Waals surface area contributed by atoms with E-state index in [9.17, 15) is 24.6 Å². The SMILES string of the molecule is CC(C)=CC[C@](C)(OC(=O)CC(C)C)c1cc(O)c2c(c1O)C(=O)C=CC2=O. The Bertz CT molecular complexity index is 887. The summed E-state index contributed by atoms with van der Waals surface area (Å²) in [6, 6.07) is 1.19. The second-order valence-electron chi connectivity index (χ2n) is 7.89. The summed E-state index contributed by atoms with van der Waals surface area (Å²) in [6.45, 7) is 9.14. The Morgan fingerprint density at radius 3 is 2.25 bits per heavy atom. The molecule has 0 radical (unpaired) electrons. The number of ether oxygens (including phenoxy) is 1. The van der Waals surface area contributed by atoms with E-state index in [1.54, 1.807) is 6.92 Å². The van der Waals surface area contributed by atoms with Crippen LogP contribution in [0.25, 0.3) is 0 Å². The number of carbonyl (C=O) groups is 3. The number of carbonyl (C=O) groups excluding carboxylic acids is 3. The molecule has 0 unspecified atom stereocenters. The Labute approximate surface area is 164 Å². The number of hydrogen-bond acceptors (Lipinski definition) is 6. The van der Waals surface area contributed by atoms with Crippen molar-refractivity contribution in [1.82, 2.24) is 0 Å². The van der Waals surface area contributed by atoms with Crippen LogP contribution in [0.5, 0.6) is 11.5 Å². The molecule has 2 N–H and O–H groups in total. The molecule has 1 aromatic carbocycles. The van der Waals surface area contributed by atoms with Crippen LogP contribution >= 0.6 is 0 Å². The molecule has 0 spiro atoms. The highest BCUT2D eigenvalue weighted by Crippen LogP contribution is 2.44. The minimum absolute atomic E-state index is 0.0785. The van der Waals surface area contributed by atoms with Crippen LogP contribution in [0.3, 0.4) is 0 Å². The number of hydrogen-bond donors (Lipinski definition) is 2. The molecule has 0 amide bonds. The Hall–Kier alpha value is -2.89. The Balaban J connectivity index is 2.64. The number of ketones is 2. The predicted molar refractivity (Wildman–Crippen MR) is 105 cm³/mol. The Morgan fingerprint density at radius 1 is 1.14 bits per heavy atom. The van der Waals surface area contributed by atoms with E-state index in [0.717, 1.165) is 17.7 Å². The van der Waals surface area contributed by atoms with Gasteiger partial charge in [0.05, 0.1) is 11.1 Å². The molecule has 0 aromatic heterocycles. The maximum absolute atomic E-state index is 12.4. The number of benzene rings is 1. The zero-order chi connectivity index (χ0) is 21.2. The summed E-state index contributed by atoms with van der Waals surface area (Å²) in [4.78, 5) is 36.7. The van der Waals surface area contributed by atoms with Crippen LogP contribution in [-0.4, -0.2) is 27.7 Å². The average molecular weight is 386 g/mol. The fraction of sp³-hybridized carbons (Fsp3) is 0.409. The number of allylic oxidation sites excluding steroid dienone is 3. The van der Waals surface area contributed by atoms with E-state index in [1.165, 1.54) is 6.07 Å². The largest absolute Gasteiger partial charge is 0.507 e. The first-order chi connectivity index (χ1) is 13.0. The van der Waals surface area contributed by atoms with Gasteiger partial charge in [0.25, 0.3) is 0 Å². The molecule has 150 valence electrons. The Morgan fingerprint density at radius 2 is 1.71 bits per heavy atom. The van der Waals surface area contributed by atoms with E-state index in [2.05, 4.69) is 0 Å². The van der Waals surface area contributed by atoms with Gasteiger partial charge in [-0.3, -0.25) is 14.4 Å². The van der Waals surface area contributed by atoms with Gasteiger partial charge in [0.2, 0.25) is 0 Å². The van der Waals surface area contributed by atoms with Crippen molar-refractivity contribution in [2.45, 2.75) is 53.1 Å². The maximum Gasteiger partial charge on any atom is 0.306 e. The molecule has 6 heteroatoms. The lowest BCUT2D eigenvalue weighted by Gasteiger charge is -2.31. The van der Waals surface area contributed by atoms with Crippen molar-refractivity contribution < 1.29 is 29.3 Å². The molecular weight excluding hydrogens is 360 g/mol. The first kappa shape index (κ1) is 21.4. The summed E-state index contributed by atoms with van der Waals surface area (Å²) in [5.74, 6) is -2.45. The first-order valence-corrected chi connectivity index (χ1v) is 9.17. The van der Waals surface area contributed by atoms with Gasteiger partial charge in [0.1, 0.15) is 17.1 Å². The number of rotatable bonds is 6. The minimum Gasteiger partial charge on any atom is -0.507 e. The van der Waals surface area contributed by atoms with Crippen molar-refractivity contribution in [3.8, 4) is 11.5 Å². The van der Waals surface area contributed by atoms with Gasteiger partial charge in [0, 0.05) is 18.4 Å². The summed E-state index contributed by atoms with van der Waals surface area (Å²) in [7, 11) is 0. The second kappa shape index (κ2) is 8.00. The predicted octanol–water partition coefficient (Wildman–Crippen LogP) is 4.19. The molecule has 6 nitrogen and oxygen atoms in total. The van der Waals surface area contributed by atoms with Crippen LogP contribution in [0.15, 0.2) is 29.9 Å². The highest BCUT2D eigenvalue weighted by Gasteiger charge is 2.38. The molecule has 2 rings (SSSR count). The van der Waals surface area contributed by atoms with Crippen molar-refractivity contribution in [2.75, 3.05) is 0 Å². The average Bonchev–Trinajstić information content (AvgIpc) is 2.57. The Kier molecular flexibility index (Phi) is 6.12. The van der Waals surface area contributed by atoms with Crippen molar-refractivity contribution >= 4 is 17.5 Å².